The first-order valence-corrected chi connectivity index (χ1v) is 13.2. The maximum atomic E-state index is 13.2. The first kappa shape index (κ1) is 30.6. The first-order valence-electron chi connectivity index (χ1n) is 11.8. The van der Waals surface area contributed by atoms with Crippen LogP contribution in [0.2, 0.25) is 0 Å². The number of carboxylic acids is 2. The van der Waals surface area contributed by atoms with Crippen molar-refractivity contribution >= 4 is 52.3 Å². The van der Waals surface area contributed by atoms with Gasteiger partial charge in [0.1, 0.15) is 24.2 Å². The van der Waals surface area contributed by atoms with Crippen LogP contribution in [0.1, 0.15) is 25.3 Å². The highest BCUT2D eigenvalue weighted by Gasteiger charge is 2.32. The standard InChI is InChI=1S/C24H33N5O8S/c1-12(30)20(25)23(35)27-16(7-8-38-2)21(33)28-17(22(34)29-18(24(36)37)10-19(31)32)9-13-11-26-15-6-4-3-5-14(13)15/h3-6,11-12,16-18,20,26,30H,7-10,25H2,1-2H3,(H,27,35)(H,28,33)(H,29,34)(H,31,32)(H,36,37). The molecule has 0 saturated carbocycles. The normalized spacial score (nSPS) is 15.1. The van der Waals surface area contributed by atoms with Crippen molar-refractivity contribution in [3.63, 3.8) is 0 Å². The maximum absolute atomic E-state index is 13.2. The monoisotopic (exact) mass is 551 g/mol. The molecule has 5 atom stereocenters. The van der Waals surface area contributed by atoms with E-state index in [1.165, 1.54) is 18.7 Å². The fourth-order valence-electron chi connectivity index (χ4n) is 3.64. The Labute approximate surface area is 222 Å². The SMILES string of the molecule is CSCCC(NC(=O)C(N)C(C)O)C(=O)NC(Cc1c[nH]c2ccccc12)C(=O)NC(CC(=O)O)C(=O)O. The lowest BCUT2D eigenvalue weighted by Gasteiger charge is -2.25. The van der Waals surface area contributed by atoms with E-state index in [9.17, 15) is 34.2 Å². The number of para-hydroxylation sites is 1. The predicted octanol–water partition coefficient (Wildman–Crippen LogP) is -0.815. The van der Waals surface area contributed by atoms with Gasteiger partial charge in [-0.1, -0.05) is 18.2 Å². The van der Waals surface area contributed by atoms with Gasteiger partial charge in [0.25, 0.3) is 0 Å². The van der Waals surface area contributed by atoms with Gasteiger partial charge in [0.05, 0.1) is 12.5 Å². The molecule has 3 amide bonds. The lowest BCUT2D eigenvalue weighted by molar-refractivity contribution is -0.147. The molecule has 2 aromatic rings. The number of hydrogen-bond acceptors (Lipinski definition) is 8. The van der Waals surface area contributed by atoms with Crippen LogP contribution in [0, 0.1) is 0 Å². The summed E-state index contributed by atoms with van der Waals surface area (Å²) in [4.78, 5) is 64.5. The Morgan fingerprint density at radius 2 is 1.58 bits per heavy atom. The number of nitrogens with two attached hydrogens (primary N) is 1. The molecule has 208 valence electrons. The molecule has 0 radical (unpaired) electrons. The summed E-state index contributed by atoms with van der Waals surface area (Å²) < 4.78 is 0. The van der Waals surface area contributed by atoms with Crippen molar-refractivity contribution in [3.05, 3.63) is 36.0 Å². The molecule has 1 heterocycles. The van der Waals surface area contributed by atoms with Gasteiger partial charge in [-0.2, -0.15) is 11.8 Å². The van der Waals surface area contributed by atoms with Crippen LogP contribution in [0.5, 0.6) is 0 Å². The van der Waals surface area contributed by atoms with Gasteiger partial charge in [-0.15, -0.1) is 0 Å². The van der Waals surface area contributed by atoms with Crippen LogP contribution in [-0.4, -0.2) is 92.2 Å². The zero-order valence-corrected chi connectivity index (χ0v) is 21.8. The lowest BCUT2D eigenvalue weighted by atomic mass is 10.0. The number of aliphatic hydroxyl groups is 1. The van der Waals surface area contributed by atoms with Crippen LogP contribution in [0.4, 0.5) is 0 Å². The van der Waals surface area contributed by atoms with Crippen molar-refractivity contribution < 1.29 is 39.3 Å². The topological polar surface area (TPSA) is 224 Å². The van der Waals surface area contributed by atoms with E-state index in [0.29, 0.717) is 11.3 Å². The smallest absolute Gasteiger partial charge is 0.326 e. The van der Waals surface area contributed by atoms with Gasteiger partial charge in [-0.05, 0) is 37.0 Å². The van der Waals surface area contributed by atoms with Gasteiger partial charge >= 0.3 is 11.9 Å². The third-order valence-corrected chi connectivity index (χ3v) is 6.44. The van der Waals surface area contributed by atoms with E-state index < -0.39 is 66.4 Å². The molecular weight excluding hydrogens is 518 g/mol. The zero-order chi connectivity index (χ0) is 28.4. The van der Waals surface area contributed by atoms with E-state index in [1.54, 1.807) is 24.6 Å². The molecule has 38 heavy (non-hydrogen) atoms. The van der Waals surface area contributed by atoms with Crippen molar-refractivity contribution in [1.82, 2.24) is 20.9 Å². The van der Waals surface area contributed by atoms with Crippen LogP contribution in [0.3, 0.4) is 0 Å². The summed E-state index contributed by atoms with van der Waals surface area (Å²) in [6.07, 6.45) is 1.55. The molecule has 0 aliphatic rings. The van der Waals surface area contributed by atoms with Gasteiger partial charge in [0.15, 0.2) is 0 Å². The minimum absolute atomic E-state index is 0.0582. The average molecular weight is 552 g/mol. The van der Waals surface area contributed by atoms with Crippen LogP contribution in [-0.2, 0) is 30.4 Å². The minimum Gasteiger partial charge on any atom is -0.481 e. The number of thioether (sulfide) groups is 1. The second-order valence-corrected chi connectivity index (χ2v) is 9.72. The summed E-state index contributed by atoms with van der Waals surface area (Å²) in [6.45, 7) is 1.33. The van der Waals surface area contributed by atoms with Crippen molar-refractivity contribution in [3.8, 4) is 0 Å². The first-order chi connectivity index (χ1) is 17.9. The second kappa shape index (κ2) is 14.4. The number of rotatable bonds is 15. The Morgan fingerprint density at radius 3 is 2.18 bits per heavy atom. The van der Waals surface area contributed by atoms with E-state index in [2.05, 4.69) is 20.9 Å². The molecule has 0 aliphatic carbocycles. The summed E-state index contributed by atoms with van der Waals surface area (Å²) in [7, 11) is 0. The van der Waals surface area contributed by atoms with Crippen molar-refractivity contribution in [1.29, 1.82) is 0 Å². The van der Waals surface area contributed by atoms with Gasteiger partial charge in [0.2, 0.25) is 17.7 Å². The molecule has 9 N–H and O–H groups in total. The number of aliphatic hydroxyl groups excluding tert-OH is 1. The number of amides is 3. The average Bonchev–Trinajstić information content (AvgIpc) is 3.27. The van der Waals surface area contributed by atoms with E-state index in [0.717, 1.165) is 10.9 Å². The van der Waals surface area contributed by atoms with Gasteiger partial charge in [0, 0.05) is 23.5 Å². The van der Waals surface area contributed by atoms with E-state index in [-0.39, 0.29) is 12.8 Å². The number of hydrogen-bond donors (Lipinski definition) is 8. The van der Waals surface area contributed by atoms with Gasteiger partial charge in [-0.25, -0.2) is 4.79 Å². The number of aromatic nitrogens is 1. The molecular formula is C24H33N5O8S. The minimum atomic E-state index is -1.72. The van der Waals surface area contributed by atoms with Crippen molar-refractivity contribution in [2.75, 3.05) is 12.0 Å². The van der Waals surface area contributed by atoms with Crippen LogP contribution in [0.25, 0.3) is 10.9 Å². The molecule has 5 unspecified atom stereocenters. The van der Waals surface area contributed by atoms with E-state index in [1.807, 2.05) is 12.1 Å². The Balaban J connectivity index is 2.33. The maximum Gasteiger partial charge on any atom is 0.326 e. The molecule has 0 fully saturated rings. The third-order valence-electron chi connectivity index (χ3n) is 5.79. The van der Waals surface area contributed by atoms with Gasteiger partial charge in [-0.3, -0.25) is 19.2 Å². The molecule has 0 aliphatic heterocycles. The highest BCUT2D eigenvalue weighted by Crippen LogP contribution is 2.19. The number of fused-ring (bicyclic) bond motifs is 1. The largest absolute Gasteiger partial charge is 0.481 e. The van der Waals surface area contributed by atoms with Crippen LogP contribution in [0.15, 0.2) is 30.5 Å². The number of carboxylic acid groups (broad SMARTS) is 2. The number of aliphatic carboxylic acids is 2. The highest BCUT2D eigenvalue weighted by atomic mass is 32.2. The fraction of sp³-hybridized carbons (Fsp3) is 0.458. The van der Waals surface area contributed by atoms with Crippen molar-refractivity contribution in [2.24, 2.45) is 5.73 Å². The van der Waals surface area contributed by atoms with Crippen LogP contribution >= 0.6 is 11.8 Å². The number of aromatic amines is 1. The number of nitrogens with one attached hydrogen (secondary N) is 4. The molecule has 0 spiro atoms. The van der Waals surface area contributed by atoms with Crippen molar-refractivity contribution in [2.45, 2.75) is 56.5 Å². The van der Waals surface area contributed by atoms with Gasteiger partial charge < -0.3 is 42.0 Å². The van der Waals surface area contributed by atoms with E-state index >= 15 is 0 Å². The summed E-state index contributed by atoms with van der Waals surface area (Å²) in [5, 5.41) is 36.0. The molecule has 0 bridgehead atoms. The number of benzene rings is 1. The summed E-state index contributed by atoms with van der Waals surface area (Å²) in [5.74, 6) is -4.89. The Bertz CT molecular complexity index is 1150. The number of H-pyrrole nitrogens is 1. The molecule has 0 saturated heterocycles. The highest BCUT2D eigenvalue weighted by molar-refractivity contribution is 7.98. The fourth-order valence-corrected chi connectivity index (χ4v) is 4.11. The van der Waals surface area contributed by atoms with Crippen LogP contribution < -0.4 is 21.7 Å². The molecule has 1 aromatic heterocycles. The quantitative estimate of drug-likeness (QED) is 0.137. The molecule has 14 heteroatoms. The summed E-state index contributed by atoms with van der Waals surface area (Å²) in [5.41, 5.74) is 7.11. The third kappa shape index (κ3) is 8.75. The Morgan fingerprint density at radius 1 is 0.974 bits per heavy atom. The van der Waals surface area contributed by atoms with E-state index in [4.69, 9.17) is 10.8 Å². The zero-order valence-electron chi connectivity index (χ0n) is 21.0. The Kier molecular flexibility index (Phi) is 11.6. The predicted molar refractivity (Wildman–Crippen MR) is 140 cm³/mol. The second-order valence-electron chi connectivity index (χ2n) is 8.73. The summed E-state index contributed by atoms with van der Waals surface area (Å²) >= 11 is 1.42. The molecule has 2 rings (SSSR count). The number of carbonyl (C=O) groups excluding carboxylic acids is 3. The Hall–Kier alpha value is -3.62. The molecule has 1 aromatic carbocycles. The molecule has 13 nitrogen and oxygen atoms in total. The number of carbonyl (C=O) groups is 5. The lowest BCUT2D eigenvalue weighted by Crippen LogP contribution is -2.58. The summed E-state index contributed by atoms with van der Waals surface area (Å²) in [6, 6.07) is 1.81.